The summed E-state index contributed by atoms with van der Waals surface area (Å²) in [6, 6.07) is 8.32. The van der Waals surface area contributed by atoms with Gasteiger partial charge in [-0.1, -0.05) is 24.3 Å². The fourth-order valence-electron chi connectivity index (χ4n) is 2.91. The van der Waals surface area contributed by atoms with E-state index in [0.29, 0.717) is 0 Å². The van der Waals surface area contributed by atoms with Gasteiger partial charge in [0.15, 0.2) is 0 Å². The Morgan fingerprint density at radius 3 is 2.67 bits per heavy atom. The summed E-state index contributed by atoms with van der Waals surface area (Å²) < 4.78 is 6.03. The third-order valence-corrected chi connectivity index (χ3v) is 3.95. The molecule has 1 aromatic rings. The Morgan fingerprint density at radius 1 is 1.39 bits per heavy atom. The maximum Gasteiger partial charge on any atom is 0.0631 e. The number of hydrogen-bond acceptors (Lipinski definition) is 2. The van der Waals surface area contributed by atoms with Crippen molar-refractivity contribution in [2.75, 3.05) is 6.61 Å². The molecule has 1 fully saturated rings. The SMILES string of the molecule is Cc1ccccc1C(CO)CC1CCC(C)(C)O1. The minimum atomic E-state index is 0.0103. The molecule has 0 aliphatic carbocycles. The van der Waals surface area contributed by atoms with Gasteiger partial charge in [0.1, 0.15) is 0 Å². The monoisotopic (exact) mass is 248 g/mol. The Morgan fingerprint density at radius 2 is 2.11 bits per heavy atom. The van der Waals surface area contributed by atoms with Gasteiger partial charge in [-0.2, -0.15) is 0 Å². The Hall–Kier alpha value is -0.860. The van der Waals surface area contributed by atoms with E-state index in [-0.39, 0.29) is 24.2 Å². The van der Waals surface area contributed by atoms with E-state index in [1.165, 1.54) is 11.1 Å². The Kier molecular flexibility index (Phi) is 4.08. The van der Waals surface area contributed by atoms with Crippen molar-refractivity contribution in [3.63, 3.8) is 0 Å². The largest absolute Gasteiger partial charge is 0.396 e. The highest BCUT2D eigenvalue weighted by molar-refractivity contribution is 5.29. The standard InChI is InChI=1S/C16H24O2/c1-12-6-4-5-7-15(12)13(11-17)10-14-8-9-16(2,3)18-14/h4-7,13-14,17H,8-11H2,1-3H3. The van der Waals surface area contributed by atoms with Crippen LogP contribution < -0.4 is 0 Å². The molecule has 2 heteroatoms. The molecule has 18 heavy (non-hydrogen) atoms. The minimum absolute atomic E-state index is 0.0103. The smallest absolute Gasteiger partial charge is 0.0631 e. The molecule has 0 radical (unpaired) electrons. The van der Waals surface area contributed by atoms with Crippen molar-refractivity contribution in [1.82, 2.24) is 0 Å². The van der Waals surface area contributed by atoms with Gasteiger partial charge in [-0.3, -0.25) is 0 Å². The van der Waals surface area contributed by atoms with Crippen molar-refractivity contribution in [3.8, 4) is 0 Å². The van der Waals surface area contributed by atoms with Crippen LogP contribution in [0.5, 0.6) is 0 Å². The number of hydrogen-bond donors (Lipinski definition) is 1. The average molecular weight is 248 g/mol. The molecule has 1 aliphatic rings. The van der Waals surface area contributed by atoms with Gasteiger partial charge in [-0.15, -0.1) is 0 Å². The number of rotatable bonds is 4. The molecule has 0 spiro atoms. The van der Waals surface area contributed by atoms with Gasteiger partial charge in [0.05, 0.1) is 18.3 Å². The number of aliphatic hydroxyl groups is 1. The summed E-state index contributed by atoms with van der Waals surface area (Å²) >= 11 is 0. The van der Waals surface area contributed by atoms with Crippen molar-refractivity contribution in [2.45, 2.75) is 57.7 Å². The van der Waals surface area contributed by atoms with Gasteiger partial charge in [0, 0.05) is 5.92 Å². The molecule has 0 saturated carbocycles. The maximum atomic E-state index is 9.64. The van der Waals surface area contributed by atoms with Crippen molar-refractivity contribution in [1.29, 1.82) is 0 Å². The Bertz CT molecular complexity index is 398. The highest BCUT2D eigenvalue weighted by Crippen LogP contribution is 2.35. The van der Waals surface area contributed by atoms with Crippen molar-refractivity contribution in [2.24, 2.45) is 0 Å². The van der Waals surface area contributed by atoms with Gasteiger partial charge in [-0.05, 0) is 51.2 Å². The van der Waals surface area contributed by atoms with E-state index in [1.54, 1.807) is 0 Å². The van der Waals surface area contributed by atoms with Crippen LogP contribution in [0.25, 0.3) is 0 Å². The number of aryl methyl sites for hydroxylation is 1. The second-order valence-electron chi connectivity index (χ2n) is 6.01. The van der Waals surface area contributed by atoms with E-state index in [2.05, 4.69) is 32.9 Å². The normalized spacial score (nSPS) is 24.1. The molecule has 1 aromatic carbocycles. The molecular weight excluding hydrogens is 224 g/mol. The molecule has 1 aliphatic heterocycles. The van der Waals surface area contributed by atoms with Crippen LogP contribution in [0.4, 0.5) is 0 Å². The fourth-order valence-corrected chi connectivity index (χ4v) is 2.91. The summed E-state index contributed by atoms with van der Waals surface area (Å²) in [6.45, 7) is 6.60. The molecule has 0 amide bonds. The molecule has 100 valence electrons. The van der Waals surface area contributed by atoms with Crippen LogP contribution in [0.1, 0.15) is 50.2 Å². The summed E-state index contributed by atoms with van der Waals surface area (Å²) in [6.07, 6.45) is 3.43. The van der Waals surface area contributed by atoms with Gasteiger partial charge in [0.25, 0.3) is 0 Å². The average Bonchev–Trinajstić information content (AvgIpc) is 2.67. The zero-order chi connectivity index (χ0) is 13.2. The second-order valence-corrected chi connectivity index (χ2v) is 6.01. The van der Waals surface area contributed by atoms with Crippen molar-refractivity contribution < 1.29 is 9.84 Å². The molecule has 0 bridgehead atoms. The number of ether oxygens (including phenoxy) is 1. The summed E-state index contributed by atoms with van der Waals surface area (Å²) in [4.78, 5) is 0. The van der Waals surface area contributed by atoms with Crippen LogP contribution in [0, 0.1) is 6.92 Å². The van der Waals surface area contributed by atoms with Crippen LogP contribution in [0.3, 0.4) is 0 Å². The molecule has 2 atom stereocenters. The zero-order valence-corrected chi connectivity index (χ0v) is 11.6. The van der Waals surface area contributed by atoms with E-state index in [4.69, 9.17) is 4.74 Å². The third kappa shape index (κ3) is 3.12. The first-order chi connectivity index (χ1) is 8.52. The first kappa shape index (κ1) is 13.6. The molecule has 2 rings (SSSR count). The summed E-state index contributed by atoms with van der Waals surface area (Å²) in [7, 11) is 0. The van der Waals surface area contributed by atoms with Gasteiger partial charge in [-0.25, -0.2) is 0 Å². The Balaban J connectivity index is 2.05. The minimum Gasteiger partial charge on any atom is -0.396 e. The molecular formula is C16H24O2. The topological polar surface area (TPSA) is 29.5 Å². The summed E-state index contributed by atoms with van der Waals surface area (Å²) in [5, 5.41) is 9.64. The maximum absolute atomic E-state index is 9.64. The van der Waals surface area contributed by atoms with Gasteiger partial charge in [0.2, 0.25) is 0 Å². The van der Waals surface area contributed by atoms with Crippen LogP contribution in [0.2, 0.25) is 0 Å². The lowest BCUT2D eigenvalue weighted by Gasteiger charge is -2.23. The number of aliphatic hydroxyl groups excluding tert-OH is 1. The predicted molar refractivity (Wildman–Crippen MR) is 73.8 cm³/mol. The van der Waals surface area contributed by atoms with Gasteiger partial charge < -0.3 is 9.84 Å². The fraction of sp³-hybridized carbons (Fsp3) is 0.625. The van der Waals surface area contributed by atoms with Crippen LogP contribution >= 0.6 is 0 Å². The lowest BCUT2D eigenvalue weighted by molar-refractivity contribution is -0.0229. The highest BCUT2D eigenvalue weighted by Gasteiger charge is 2.33. The molecule has 2 unspecified atom stereocenters. The molecule has 1 saturated heterocycles. The van der Waals surface area contributed by atoms with E-state index in [0.717, 1.165) is 19.3 Å². The molecule has 2 nitrogen and oxygen atoms in total. The lowest BCUT2D eigenvalue weighted by atomic mass is 9.90. The molecule has 1 N–H and O–H groups in total. The summed E-state index contributed by atoms with van der Waals surface area (Å²) in [5.41, 5.74) is 2.53. The van der Waals surface area contributed by atoms with Crippen molar-refractivity contribution >= 4 is 0 Å². The molecule has 1 heterocycles. The summed E-state index contributed by atoms with van der Waals surface area (Å²) in [5.74, 6) is 0.199. The van der Waals surface area contributed by atoms with Crippen LogP contribution in [0.15, 0.2) is 24.3 Å². The number of benzene rings is 1. The van der Waals surface area contributed by atoms with E-state index in [1.807, 2.05) is 12.1 Å². The van der Waals surface area contributed by atoms with E-state index < -0.39 is 0 Å². The highest BCUT2D eigenvalue weighted by atomic mass is 16.5. The quantitative estimate of drug-likeness (QED) is 0.884. The lowest BCUT2D eigenvalue weighted by Crippen LogP contribution is -2.22. The first-order valence-corrected chi connectivity index (χ1v) is 6.86. The van der Waals surface area contributed by atoms with Crippen molar-refractivity contribution in [3.05, 3.63) is 35.4 Å². The Labute approximate surface area is 110 Å². The zero-order valence-electron chi connectivity index (χ0n) is 11.6. The van der Waals surface area contributed by atoms with E-state index >= 15 is 0 Å². The molecule has 0 aromatic heterocycles. The van der Waals surface area contributed by atoms with Crippen LogP contribution in [-0.2, 0) is 4.74 Å². The first-order valence-electron chi connectivity index (χ1n) is 6.86. The predicted octanol–water partition coefficient (Wildman–Crippen LogP) is 3.42. The van der Waals surface area contributed by atoms with Gasteiger partial charge >= 0.3 is 0 Å². The third-order valence-electron chi connectivity index (χ3n) is 3.95. The van der Waals surface area contributed by atoms with E-state index in [9.17, 15) is 5.11 Å². The van der Waals surface area contributed by atoms with Crippen LogP contribution in [-0.4, -0.2) is 23.4 Å². The second kappa shape index (κ2) is 5.41.